The third kappa shape index (κ3) is 5.26. The van der Waals surface area contributed by atoms with Gasteiger partial charge in [-0.25, -0.2) is 8.78 Å². The van der Waals surface area contributed by atoms with Gasteiger partial charge in [0.25, 0.3) is 0 Å². The number of benzene rings is 2. The molecule has 0 aliphatic heterocycles. The Kier molecular flexibility index (Phi) is 6.87. The number of carbonyl (C=O) groups is 2. The first kappa shape index (κ1) is 20.4. The van der Waals surface area contributed by atoms with E-state index in [9.17, 15) is 18.4 Å². The van der Waals surface area contributed by atoms with Crippen LogP contribution in [0.1, 0.15) is 20.8 Å². The number of amides is 2. The number of nitrogens with zero attached hydrogens (tertiary/aromatic N) is 2. The summed E-state index contributed by atoms with van der Waals surface area (Å²) in [7, 11) is 0. The van der Waals surface area contributed by atoms with E-state index in [1.54, 1.807) is 12.1 Å². The van der Waals surface area contributed by atoms with Crippen LogP contribution in [0, 0.1) is 11.6 Å². The van der Waals surface area contributed by atoms with Gasteiger partial charge in [-0.3, -0.25) is 9.59 Å². The van der Waals surface area contributed by atoms with E-state index in [1.807, 2.05) is 12.1 Å². The molecule has 0 saturated carbocycles. The molecule has 2 amide bonds. The molecule has 7 heteroatoms. The van der Waals surface area contributed by atoms with Crippen molar-refractivity contribution in [2.24, 2.45) is 0 Å². The number of hydrogen-bond donors (Lipinski definition) is 1. The van der Waals surface area contributed by atoms with Crippen LogP contribution in [0.2, 0.25) is 0 Å². The molecule has 2 rings (SSSR count). The lowest BCUT2D eigenvalue weighted by Gasteiger charge is -2.22. The van der Waals surface area contributed by atoms with Crippen LogP contribution < -0.4 is 15.1 Å². The molecular weight excluding hydrogens is 352 g/mol. The molecular formula is C20H23F2N3O2. The summed E-state index contributed by atoms with van der Waals surface area (Å²) < 4.78 is 27.0. The van der Waals surface area contributed by atoms with Gasteiger partial charge in [-0.2, -0.15) is 0 Å². The van der Waals surface area contributed by atoms with Crippen molar-refractivity contribution in [2.45, 2.75) is 20.8 Å². The van der Waals surface area contributed by atoms with Crippen LogP contribution in [0.4, 0.5) is 25.8 Å². The summed E-state index contributed by atoms with van der Waals surface area (Å²) in [4.78, 5) is 27.3. The molecule has 0 spiro atoms. The summed E-state index contributed by atoms with van der Waals surface area (Å²) in [5.41, 5.74) is 1.46. The number of anilines is 3. The first-order chi connectivity index (χ1) is 12.8. The van der Waals surface area contributed by atoms with Gasteiger partial charge in [-0.05, 0) is 50.2 Å². The van der Waals surface area contributed by atoms with Crippen LogP contribution in [-0.2, 0) is 9.59 Å². The van der Waals surface area contributed by atoms with Crippen LogP contribution in [0.15, 0.2) is 42.5 Å². The van der Waals surface area contributed by atoms with Crippen LogP contribution >= 0.6 is 0 Å². The third-order valence-electron chi connectivity index (χ3n) is 4.16. The van der Waals surface area contributed by atoms with Crippen LogP contribution in [0.25, 0.3) is 0 Å². The number of halogens is 2. The number of carbonyl (C=O) groups excluding carboxylic acids is 2. The predicted octanol–water partition coefficient (Wildman–Crippen LogP) is 3.80. The Morgan fingerprint density at radius 2 is 1.63 bits per heavy atom. The van der Waals surface area contributed by atoms with E-state index in [4.69, 9.17) is 0 Å². The maximum atomic E-state index is 14.0. The molecule has 0 aliphatic carbocycles. The van der Waals surface area contributed by atoms with Crippen molar-refractivity contribution in [3.05, 3.63) is 54.1 Å². The van der Waals surface area contributed by atoms with Crippen molar-refractivity contribution in [1.82, 2.24) is 0 Å². The van der Waals surface area contributed by atoms with Gasteiger partial charge in [0.1, 0.15) is 18.2 Å². The second kappa shape index (κ2) is 9.12. The van der Waals surface area contributed by atoms with E-state index in [2.05, 4.69) is 24.1 Å². The number of rotatable bonds is 7. The lowest BCUT2D eigenvalue weighted by atomic mass is 10.2. The molecule has 144 valence electrons. The maximum absolute atomic E-state index is 14.0. The Morgan fingerprint density at radius 3 is 2.15 bits per heavy atom. The smallest absolute Gasteiger partial charge is 0.244 e. The quantitative estimate of drug-likeness (QED) is 0.801. The zero-order chi connectivity index (χ0) is 20.0. The van der Waals surface area contributed by atoms with E-state index < -0.39 is 23.4 Å². The minimum Gasteiger partial charge on any atom is -0.372 e. The van der Waals surface area contributed by atoms with E-state index in [-0.39, 0.29) is 12.2 Å². The molecule has 0 unspecified atom stereocenters. The highest BCUT2D eigenvalue weighted by molar-refractivity contribution is 6.01. The van der Waals surface area contributed by atoms with Crippen molar-refractivity contribution < 1.29 is 18.4 Å². The molecule has 0 atom stereocenters. The van der Waals surface area contributed by atoms with Crippen molar-refractivity contribution >= 4 is 28.9 Å². The van der Waals surface area contributed by atoms with E-state index >= 15 is 0 Å². The SMILES string of the molecule is CCN(CC)c1ccc(NC(=O)CN(C(C)=O)c2ccc(F)cc2F)cc1. The molecule has 0 heterocycles. The summed E-state index contributed by atoms with van der Waals surface area (Å²) in [6.07, 6.45) is 0. The van der Waals surface area contributed by atoms with E-state index in [0.29, 0.717) is 11.8 Å². The first-order valence-corrected chi connectivity index (χ1v) is 8.73. The van der Waals surface area contributed by atoms with Crippen LogP contribution in [0.5, 0.6) is 0 Å². The third-order valence-corrected chi connectivity index (χ3v) is 4.16. The summed E-state index contributed by atoms with van der Waals surface area (Å²) >= 11 is 0. The van der Waals surface area contributed by atoms with Crippen molar-refractivity contribution in [3.63, 3.8) is 0 Å². The first-order valence-electron chi connectivity index (χ1n) is 8.73. The molecule has 0 radical (unpaired) electrons. The van der Waals surface area contributed by atoms with E-state index in [0.717, 1.165) is 35.8 Å². The maximum Gasteiger partial charge on any atom is 0.244 e. The van der Waals surface area contributed by atoms with Gasteiger partial charge in [-0.15, -0.1) is 0 Å². The van der Waals surface area contributed by atoms with Crippen LogP contribution in [-0.4, -0.2) is 31.4 Å². The normalized spacial score (nSPS) is 10.4. The molecule has 0 fully saturated rings. The Balaban J connectivity index is 2.09. The molecule has 0 aromatic heterocycles. The zero-order valence-electron chi connectivity index (χ0n) is 15.6. The summed E-state index contributed by atoms with van der Waals surface area (Å²) in [5, 5.41) is 2.68. The van der Waals surface area contributed by atoms with Gasteiger partial charge in [0.2, 0.25) is 11.8 Å². The lowest BCUT2D eigenvalue weighted by Crippen LogP contribution is -2.37. The highest BCUT2D eigenvalue weighted by Crippen LogP contribution is 2.21. The van der Waals surface area contributed by atoms with Crippen molar-refractivity contribution in [3.8, 4) is 0 Å². The predicted molar refractivity (Wildman–Crippen MR) is 103 cm³/mol. The van der Waals surface area contributed by atoms with Crippen LogP contribution in [0.3, 0.4) is 0 Å². The number of nitrogens with one attached hydrogen (secondary N) is 1. The molecule has 5 nitrogen and oxygen atoms in total. The second-order valence-corrected chi connectivity index (χ2v) is 5.97. The monoisotopic (exact) mass is 375 g/mol. The Bertz CT molecular complexity index is 805. The summed E-state index contributed by atoms with van der Waals surface area (Å²) in [6, 6.07) is 10.2. The number of hydrogen-bond acceptors (Lipinski definition) is 3. The Labute approximate surface area is 157 Å². The van der Waals surface area contributed by atoms with E-state index in [1.165, 1.54) is 6.92 Å². The molecule has 2 aromatic rings. The van der Waals surface area contributed by atoms with Gasteiger partial charge in [0, 0.05) is 37.5 Å². The molecule has 0 aliphatic rings. The fourth-order valence-corrected chi connectivity index (χ4v) is 2.75. The average Bonchev–Trinajstić information content (AvgIpc) is 2.62. The Morgan fingerprint density at radius 1 is 1.00 bits per heavy atom. The minimum absolute atomic E-state index is 0.143. The summed E-state index contributed by atoms with van der Waals surface area (Å²) in [5.74, 6) is -2.66. The second-order valence-electron chi connectivity index (χ2n) is 5.97. The van der Waals surface area contributed by atoms with Gasteiger partial charge >= 0.3 is 0 Å². The highest BCUT2D eigenvalue weighted by Gasteiger charge is 2.19. The summed E-state index contributed by atoms with van der Waals surface area (Å²) in [6.45, 7) is 6.71. The van der Waals surface area contributed by atoms with Gasteiger partial charge in [0.15, 0.2) is 0 Å². The molecule has 1 N–H and O–H groups in total. The zero-order valence-corrected chi connectivity index (χ0v) is 15.6. The molecule has 0 bridgehead atoms. The Hall–Kier alpha value is -2.96. The van der Waals surface area contributed by atoms with Gasteiger partial charge < -0.3 is 15.1 Å². The van der Waals surface area contributed by atoms with Gasteiger partial charge in [0.05, 0.1) is 5.69 Å². The molecule has 0 saturated heterocycles. The average molecular weight is 375 g/mol. The topological polar surface area (TPSA) is 52.7 Å². The highest BCUT2D eigenvalue weighted by atomic mass is 19.1. The fourth-order valence-electron chi connectivity index (χ4n) is 2.75. The standard InChI is InChI=1S/C20H23F2N3O2/c1-4-24(5-2)17-9-7-16(8-10-17)23-20(27)13-25(14(3)26)19-11-6-15(21)12-18(19)22/h6-12H,4-5,13H2,1-3H3,(H,23,27). The minimum atomic E-state index is -0.901. The molecule has 27 heavy (non-hydrogen) atoms. The molecule has 2 aromatic carbocycles. The van der Waals surface area contributed by atoms with Crippen molar-refractivity contribution in [1.29, 1.82) is 0 Å². The fraction of sp³-hybridized carbons (Fsp3) is 0.300. The lowest BCUT2D eigenvalue weighted by molar-refractivity contribution is -0.120. The van der Waals surface area contributed by atoms with Gasteiger partial charge in [-0.1, -0.05) is 0 Å². The largest absolute Gasteiger partial charge is 0.372 e. The van der Waals surface area contributed by atoms with Crippen molar-refractivity contribution in [2.75, 3.05) is 34.8 Å².